The highest BCUT2D eigenvalue weighted by Crippen LogP contribution is 2.28. The number of hydrogen-bond donors (Lipinski definition) is 2. The van der Waals surface area contributed by atoms with Crippen LogP contribution >= 0.6 is 0 Å². The number of carbonyl (C=O) groups excluding carboxylic acids is 2. The van der Waals surface area contributed by atoms with Gasteiger partial charge in [0.05, 0.1) is 5.56 Å². The van der Waals surface area contributed by atoms with Crippen molar-refractivity contribution in [3.63, 3.8) is 0 Å². The number of carbonyl (C=O) groups is 2. The standard InChI is InChI=1S/C13H15F3N2O2/c1-8(18-9(2)19)12(20)17-7-10-3-5-11(6-4-10)13(14,15)16/h3-6,8H,7H2,1-2H3,(H,17,20)(H,18,19). The lowest BCUT2D eigenvalue weighted by molar-refractivity contribution is -0.137. The molecule has 0 aliphatic rings. The van der Waals surface area contributed by atoms with Gasteiger partial charge in [0.25, 0.3) is 0 Å². The topological polar surface area (TPSA) is 58.2 Å². The molecular formula is C13H15F3N2O2. The van der Waals surface area contributed by atoms with E-state index in [1.165, 1.54) is 26.0 Å². The van der Waals surface area contributed by atoms with Gasteiger partial charge in [-0.25, -0.2) is 0 Å². The minimum absolute atomic E-state index is 0.0981. The van der Waals surface area contributed by atoms with E-state index in [2.05, 4.69) is 10.6 Å². The molecule has 0 radical (unpaired) electrons. The molecule has 2 amide bonds. The minimum Gasteiger partial charge on any atom is -0.350 e. The molecule has 7 heteroatoms. The molecule has 0 saturated carbocycles. The lowest BCUT2D eigenvalue weighted by atomic mass is 10.1. The lowest BCUT2D eigenvalue weighted by Gasteiger charge is -2.13. The number of alkyl halides is 3. The number of amides is 2. The van der Waals surface area contributed by atoms with Gasteiger partial charge in [-0.1, -0.05) is 12.1 Å². The van der Waals surface area contributed by atoms with Gasteiger partial charge in [-0.05, 0) is 24.6 Å². The van der Waals surface area contributed by atoms with Crippen molar-refractivity contribution in [3.8, 4) is 0 Å². The van der Waals surface area contributed by atoms with Crippen molar-refractivity contribution < 1.29 is 22.8 Å². The van der Waals surface area contributed by atoms with Crippen LogP contribution < -0.4 is 10.6 Å². The van der Waals surface area contributed by atoms with Gasteiger partial charge in [0, 0.05) is 13.5 Å². The zero-order valence-corrected chi connectivity index (χ0v) is 11.0. The third-order valence-corrected chi connectivity index (χ3v) is 2.56. The predicted octanol–water partition coefficient (Wildman–Crippen LogP) is 1.85. The predicted molar refractivity (Wildman–Crippen MR) is 66.6 cm³/mol. The van der Waals surface area contributed by atoms with Gasteiger partial charge in [-0.2, -0.15) is 13.2 Å². The van der Waals surface area contributed by atoms with Crippen molar-refractivity contribution >= 4 is 11.8 Å². The molecule has 0 saturated heterocycles. The van der Waals surface area contributed by atoms with Crippen molar-refractivity contribution in [3.05, 3.63) is 35.4 Å². The van der Waals surface area contributed by atoms with Gasteiger partial charge in [-0.15, -0.1) is 0 Å². The maximum absolute atomic E-state index is 12.4. The Hall–Kier alpha value is -2.05. The summed E-state index contributed by atoms with van der Waals surface area (Å²) < 4.78 is 37.1. The summed E-state index contributed by atoms with van der Waals surface area (Å²) >= 11 is 0. The second-order valence-electron chi connectivity index (χ2n) is 4.33. The van der Waals surface area contributed by atoms with Gasteiger partial charge in [0.1, 0.15) is 6.04 Å². The zero-order valence-electron chi connectivity index (χ0n) is 11.0. The average Bonchev–Trinajstić information content (AvgIpc) is 2.34. The van der Waals surface area contributed by atoms with E-state index in [0.29, 0.717) is 5.56 Å². The fourth-order valence-electron chi connectivity index (χ4n) is 1.52. The van der Waals surface area contributed by atoms with E-state index in [0.717, 1.165) is 12.1 Å². The molecule has 2 N–H and O–H groups in total. The maximum atomic E-state index is 12.4. The summed E-state index contributed by atoms with van der Waals surface area (Å²) in [4.78, 5) is 22.3. The molecule has 1 atom stereocenters. The monoisotopic (exact) mass is 288 g/mol. The summed E-state index contributed by atoms with van der Waals surface area (Å²) in [5, 5.41) is 4.94. The molecule has 0 spiro atoms. The second-order valence-corrected chi connectivity index (χ2v) is 4.33. The molecule has 0 aliphatic carbocycles. The molecule has 20 heavy (non-hydrogen) atoms. The molecule has 4 nitrogen and oxygen atoms in total. The quantitative estimate of drug-likeness (QED) is 0.888. The first-order valence-electron chi connectivity index (χ1n) is 5.91. The van der Waals surface area contributed by atoms with E-state index < -0.39 is 23.7 Å². The number of hydrogen-bond acceptors (Lipinski definition) is 2. The lowest BCUT2D eigenvalue weighted by Crippen LogP contribution is -2.43. The smallest absolute Gasteiger partial charge is 0.350 e. The van der Waals surface area contributed by atoms with E-state index in [9.17, 15) is 22.8 Å². The average molecular weight is 288 g/mol. The molecular weight excluding hydrogens is 273 g/mol. The molecule has 0 bridgehead atoms. The second kappa shape index (κ2) is 6.40. The van der Waals surface area contributed by atoms with E-state index in [-0.39, 0.29) is 12.5 Å². The van der Waals surface area contributed by atoms with Gasteiger partial charge < -0.3 is 10.6 Å². The van der Waals surface area contributed by atoms with E-state index in [1.54, 1.807) is 0 Å². The first kappa shape index (κ1) is 16.0. The Morgan fingerprint density at radius 2 is 1.75 bits per heavy atom. The van der Waals surface area contributed by atoms with Gasteiger partial charge >= 0.3 is 6.18 Å². The van der Waals surface area contributed by atoms with Crippen LogP contribution in [-0.2, 0) is 22.3 Å². The van der Waals surface area contributed by atoms with E-state index in [1.807, 2.05) is 0 Å². The van der Waals surface area contributed by atoms with Crippen LogP contribution in [0.4, 0.5) is 13.2 Å². The highest BCUT2D eigenvalue weighted by molar-refractivity contribution is 5.86. The van der Waals surface area contributed by atoms with Gasteiger partial charge in [-0.3, -0.25) is 9.59 Å². The summed E-state index contributed by atoms with van der Waals surface area (Å²) in [5.74, 6) is -0.734. The Labute approximate surface area is 114 Å². The Kier molecular flexibility index (Phi) is 5.12. The molecule has 0 aliphatic heterocycles. The Morgan fingerprint density at radius 1 is 1.20 bits per heavy atom. The van der Waals surface area contributed by atoms with Crippen molar-refractivity contribution in [2.24, 2.45) is 0 Å². The first-order chi connectivity index (χ1) is 9.20. The van der Waals surface area contributed by atoms with Crippen LogP contribution in [0.1, 0.15) is 25.0 Å². The zero-order chi connectivity index (χ0) is 15.3. The normalized spacial score (nSPS) is 12.7. The first-order valence-corrected chi connectivity index (χ1v) is 5.91. The number of rotatable bonds is 4. The largest absolute Gasteiger partial charge is 0.416 e. The van der Waals surface area contributed by atoms with Gasteiger partial charge in [0.15, 0.2) is 0 Å². The van der Waals surface area contributed by atoms with Crippen LogP contribution in [0.25, 0.3) is 0 Å². The van der Waals surface area contributed by atoms with Crippen LogP contribution in [0.3, 0.4) is 0 Å². The third-order valence-electron chi connectivity index (χ3n) is 2.56. The maximum Gasteiger partial charge on any atom is 0.416 e. The summed E-state index contributed by atoms with van der Waals surface area (Å²) in [7, 11) is 0. The van der Waals surface area contributed by atoms with Crippen molar-refractivity contribution in [2.75, 3.05) is 0 Å². The number of benzene rings is 1. The molecule has 1 aromatic rings. The van der Waals surface area contributed by atoms with Crippen molar-refractivity contribution in [1.29, 1.82) is 0 Å². The van der Waals surface area contributed by atoms with E-state index >= 15 is 0 Å². The molecule has 0 heterocycles. The summed E-state index contributed by atoms with van der Waals surface area (Å²) in [6, 6.07) is 3.82. The fourth-order valence-corrected chi connectivity index (χ4v) is 1.52. The highest BCUT2D eigenvalue weighted by atomic mass is 19.4. The minimum atomic E-state index is -4.37. The highest BCUT2D eigenvalue weighted by Gasteiger charge is 2.29. The molecule has 0 aromatic heterocycles. The van der Waals surface area contributed by atoms with E-state index in [4.69, 9.17) is 0 Å². The molecule has 1 aromatic carbocycles. The molecule has 0 fully saturated rings. The summed E-state index contributed by atoms with van der Waals surface area (Å²) in [6.45, 7) is 2.91. The fraction of sp³-hybridized carbons (Fsp3) is 0.385. The summed E-state index contributed by atoms with van der Waals surface area (Å²) in [5.41, 5.74) is -0.194. The molecule has 1 unspecified atom stereocenters. The van der Waals surface area contributed by atoms with Crippen molar-refractivity contribution in [1.82, 2.24) is 10.6 Å². The number of halogens is 3. The third kappa shape index (κ3) is 4.91. The Bertz CT molecular complexity index is 483. The Morgan fingerprint density at radius 3 is 2.20 bits per heavy atom. The van der Waals surface area contributed by atoms with Crippen molar-refractivity contribution in [2.45, 2.75) is 32.6 Å². The summed E-state index contributed by atoms with van der Waals surface area (Å²) in [6.07, 6.45) is -4.37. The van der Waals surface area contributed by atoms with Crippen LogP contribution in [0.15, 0.2) is 24.3 Å². The Balaban J connectivity index is 2.54. The van der Waals surface area contributed by atoms with Crippen LogP contribution in [-0.4, -0.2) is 17.9 Å². The SMILES string of the molecule is CC(=O)NC(C)C(=O)NCc1ccc(C(F)(F)F)cc1. The van der Waals surface area contributed by atoms with Crippen LogP contribution in [0.5, 0.6) is 0 Å². The molecule has 110 valence electrons. The molecule has 1 rings (SSSR count). The van der Waals surface area contributed by atoms with Crippen LogP contribution in [0.2, 0.25) is 0 Å². The number of nitrogens with one attached hydrogen (secondary N) is 2. The van der Waals surface area contributed by atoms with Crippen LogP contribution in [0, 0.1) is 0 Å². The van der Waals surface area contributed by atoms with Gasteiger partial charge in [0.2, 0.25) is 11.8 Å².